The van der Waals surface area contributed by atoms with Crippen LogP contribution in [0.2, 0.25) is 0 Å². The number of carbonyl (C=O) groups is 1. The van der Waals surface area contributed by atoms with Gasteiger partial charge in [-0.05, 0) is 24.3 Å². The van der Waals surface area contributed by atoms with Crippen molar-refractivity contribution in [2.75, 3.05) is 14.2 Å². The van der Waals surface area contributed by atoms with Gasteiger partial charge in [0.2, 0.25) is 0 Å². The molecule has 0 aliphatic rings. The molecular formula is C18H18N4O2. The largest absolute Gasteiger partial charge is 0.496 e. The molecule has 6 heteroatoms. The van der Waals surface area contributed by atoms with E-state index < -0.39 is 0 Å². The van der Waals surface area contributed by atoms with Crippen molar-refractivity contribution in [2.45, 2.75) is 6.54 Å². The zero-order valence-electron chi connectivity index (χ0n) is 13.6. The van der Waals surface area contributed by atoms with Gasteiger partial charge in [-0.25, -0.2) is 9.67 Å². The number of hydrogen-bond acceptors (Lipinski definition) is 4. The van der Waals surface area contributed by atoms with E-state index in [1.54, 1.807) is 54.5 Å². The van der Waals surface area contributed by atoms with E-state index in [-0.39, 0.29) is 5.91 Å². The molecule has 0 radical (unpaired) electrons. The lowest BCUT2D eigenvalue weighted by molar-refractivity contribution is 0.0784. The maximum absolute atomic E-state index is 12.6. The van der Waals surface area contributed by atoms with Gasteiger partial charge >= 0.3 is 0 Å². The van der Waals surface area contributed by atoms with Crippen molar-refractivity contribution in [3.05, 3.63) is 72.2 Å². The Morgan fingerprint density at radius 1 is 1.21 bits per heavy atom. The highest BCUT2D eigenvalue weighted by Crippen LogP contribution is 2.19. The lowest BCUT2D eigenvalue weighted by atomic mass is 10.1. The Balaban J connectivity index is 1.73. The van der Waals surface area contributed by atoms with Crippen LogP contribution in [0.1, 0.15) is 15.9 Å². The van der Waals surface area contributed by atoms with Gasteiger partial charge in [-0.2, -0.15) is 5.10 Å². The zero-order chi connectivity index (χ0) is 16.9. The van der Waals surface area contributed by atoms with Gasteiger partial charge < -0.3 is 9.64 Å². The lowest BCUT2D eigenvalue weighted by Crippen LogP contribution is -2.26. The number of hydrogen-bond donors (Lipinski definition) is 0. The van der Waals surface area contributed by atoms with Crippen molar-refractivity contribution in [1.82, 2.24) is 19.7 Å². The minimum Gasteiger partial charge on any atom is -0.496 e. The number of carbonyl (C=O) groups excluding carboxylic acids is 1. The van der Waals surface area contributed by atoms with Crippen LogP contribution >= 0.6 is 0 Å². The van der Waals surface area contributed by atoms with Crippen molar-refractivity contribution in [3.63, 3.8) is 0 Å². The van der Waals surface area contributed by atoms with Crippen molar-refractivity contribution >= 4 is 5.91 Å². The summed E-state index contributed by atoms with van der Waals surface area (Å²) in [6, 6.07) is 13.0. The van der Waals surface area contributed by atoms with Gasteiger partial charge in [-0.15, -0.1) is 0 Å². The molecule has 0 N–H and O–H groups in total. The highest BCUT2D eigenvalue weighted by molar-refractivity contribution is 5.93. The van der Waals surface area contributed by atoms with Crippen LogP contribution in [0.25, 0.3) is 5.82 Å². The molecule has 0 unspecified atom stereocenters. The molecule has 3 rings (SSSR count). The van der Waals surface area contributed by atoms with Crippen LogP contribution < -0.4 is 4.74 Å². The molecule has 122 valence electrons. The highest BCUT2D eigenvalue weighted by Gasteiger charge is 2.14. The number of rotatable bonds is 5. The summed E-state index contributed by atoms with van der Waals surface area (Å²) in [4.78, 5) is 18.5. The minimum absolute atomic E-state index is 0.0968. The van der Waals surface area contributed by atoms with Gasteiger partial charge in [0.15, 0.2) is 5.82 Å². The topological polar surface area (TPSA) is 60.2 Å². The van der Waals surface area contributed by atoms with Crippen LogP contribution in [0.5, 0.6) is 5.75 Å². The Kier molecular flexibility index (Phi) is 4.56. The number of ether oxygens (including phenoxy) is 1. The maximum atomic E-state index is 12.6. The molecule has 1 aromatic carbocycles. The summed E-state index contributed by atoms with van der Waals surface area (Å²) in [6.07, 6.45) is 5.05. The monoisotopic (exact) mass is 322 g/mol. The molecule has 0 atom stereocenters. The van der Waals surface area contributed by atoms with E-state index in [0.717, 1.165) is 11.3 Å². The fourth-order valence-corrected chi connectivity index (χ4v) is 2.43. The number of para-hydroxylation sites is 1. The normalized spacial score (nSPS) is 10.4. The number of amides is 1. The number of methoxy groups -OCH3 is 1. The van der Waals surface area contributed by atoms with Gasteiger partial charge in [-0.3, -0.25) is 4.79 Å². The van der Waals surface area contributed by atoms with Crippen LogP contribution in [-0.2, 0) is 6.54 Å². The summed E-state index contributed by atoms with van der Waals surface area (Å²) in [7, 11) is 3.38. The number of pyridine rings is 1. The van der Waals surface area contributed by atoms with Crippen LogP contribution in [-0.4, -0.2) is 39.7 Å². The molecule has 0 fully saturated rings. The van der Waals surface area contributed by atoms with Crippen LogP contribution in [0, 0.1) is 0 Å². The quantitative estimate of drug-likeness (QED) is 0.724. The molecule has 2 aromatic heterocycles. The number of benzene rings is 1. The first-order valence-electron chi connectivity index (χ1n) is 7.52. The van der Waals surface area contributed by atoms with E-state index in [2.05, 4.69) is 10.1 Å². The molecule has 0 saturated heterocycles. The Morgan fingerprint density at radius 3 is 2.71 bits per heavy atom. The Labute approximate surface area is 140 Å². The molecule has 0 saturated carbocycles. The average Bonchev–Trinajstić information content (AvgIpc) is 3.16. The molecular weight excluding hydrogens is 304 g/mol. The Hall–Kier alpha value is -3.15. The minimum atomic E-state index is -0.0968. The van der Waals surface area contributed by atoms with E-state index in [4.69, 9.17) is 4.74 Å². The third kappa shape index (κ3) is 3.27. The second-order valence-corrected chi connectivity index (χ2v) is 5.33. The van der Waals surface area contributed by atoms with Crippen LogP contribution in [0.15, 0.2) is 61.1 Å². The van der Waals surface area contributed by atoms with E-state index in [1.807, 2.05) is 30.3 Å². The molecule has 24 heavy (non-hydrogen) atoms. The standard InChI is InChI=1S/C18H18N4O2/c1-21(13-15-6-3-4-7-16(15)24-2)18(23)14-8-9-17(19-12-14)22-11-5-10-20-22/h3-12H,13H2,1-2H3. The van der Waals surface area contributed by atoms with Gasteiger partial charge in [0, 0.05) is 37.7 Å². The summed E-state index contributed by atoms with van der Waals surface area (Å²) >= 11 is 0. The molecule has 3 aromatic rings. The highest BCUT2D eigenvalue weighted by atomic mass is 16.5. The SMILES string of the molecule is COc1ccccc1CN(C)C(=O)c1ccc(-n2cccn2)nc1. The van der Waals surface area contributed by atoms with Crippen molar-refractivity contribution < 1.29 is 9.53 Å². The van der Waals surface area contributed by atoms with E-state index in [0.29, 0.717) is 17.9 Å². The van der Waals surface area contributed by atoms with E-state index in [9.17, 15) is 4.79 Å². The van der Waals surface area contributed by atoms with Gasteiger partial charge in [0.25, 0.3) is 5.91 Å². The molecule has 6 nitrogen and oxygen atoms in total. The molecule has 2 heterocycles. The van der Waals surface area contributed by atoms with Crippen LogP contribution in [0.4, 0.5) is 0 Å². The predicted molar refractivity (Wildman–Crippen MR) is 90.2 cm³/mol. The van der Waals surface area contributed by atoms with Crippen molar-refractivity contribution in [2.24, 2.45) is 0 Å². The van der Waals surface area contributed by atoms with Gasteiger partial charge in [0.05, 0.1) is 12.7 Å². The molecule has 0 spiro atoms. The molecule has 0 aliphatic heterocycles. The Morgan fingerprint density at radius 2 is 2.04 bits per heavy atom. The molecule has 0 bridgehead atoms. The summed E-state index contributed by atoms with van der Waals surface area (Å²) < 4.78 is 6.97. The van der Waals surface area contributed by atoms with E-state index >= 15 is 0 Å². The second-order valence-electron chi connectivity index (χ2n) is 5.33. The van der Waals surface area contributed by atoms with Crippen molar-refractivity contribution in [3.8, 4) is 11.6 Å². The molecule has 0 aliphatic carbocycles. The summed E-state index contributed by atoms with van der Waals surface area (Å²) in [6.45, 7) is 0.462. The summed E-state index contributed by atoms with van der Waals surface area (Å²) in [5.41, 5.74) is 1.49. The predicted octanol–water partition coefficient (Wildman–Crippen LogP) is 2.55. The number of nitrogens with zero attached hydrogens (tertiary/aromatic N) is 4. The first kappa shape index (κ1) is 15.7. The maximum Gasteiger partial charge on any atom is 0.255 e. The number of aromatic nitrogens is 3. The fourth-order valence-electron chi connectivity index (χ4n) is 2.43. The smallest absolute Gasteiger partial charge is 0.255 e. The first-order chi connectivity index (χ1) is 11.7. The van der Waals surface area contributed by atoms with E-state index in [1.165, 1.54) is 0 Å². The summed E-state index contributed by atoms with van der Waals surface area (Å²) in [5, 5.41) is 4.12. The first-order valence-corrected chi connectivity index (χ1v) is 7.52. The zero-order valence-corrected chi connectivity index (χ0v) is 13.6. The van der Waals surface area contributed by atoms with Gasteiger partial charge in [-0.1, -0.05) is 18.2 Å². The third-order valence-electron chi connectivity index (χ3n) is 3.68. The third-order valence-corrected chi connectivity index (χ3v) is 3.68. The van der Waals surface area contributed by atoms with Gasteiger partial charge in [0.1, 0.15) is 5.75 Å². The second kappa shape index (κ2) is 6.95. The summed E-state index contributed by atoms with van der Waals surface area (Å²) in [5.74, 6) is 1.34. The van der Waals surface area contributed by atoms with Crippen LogP contribution in [0.3, 0.4) is 0 Å². The molecule has 1 amide bonds. The fraction of sp³-hybridized carbons (Fsp3) is 0.167. The average molecular weight is 322 g/mol. The lowest BCUT2D eigenvalue weighted by Gasteiger charge is -2.19. The Bertz CT molecular complexity index is 813. The van der Waals surface area contributed by atoms with Crippen molar-refractivity contribution in [1.29, 1.82) is 0 Å².